The van der Waals surface area contributed by atoms with Crippen LogP contribution < -0.4 is 5.32 Å². The zero-order chi connectivity index (χ0) is 13.8. The van der Waals surface area contributed by atoms with Gasteiger partial charge in [0, 0.05) is 19.1 Å². The number of ether oxygens (including phenoxy) is 1. The van der Waals surface area contributed by atoms with Crippen molar-refractivity contribution in [3.63, 3.8) is 0 Å². The molecule has 3 nitrogen and oxygen atoms in total. The molecule has 0 amide bonds. The average molecular weight is 274 g/mol. The highest BCUT2D eigenvalue weighted by Gasteiger charge is 2.26. The first-order valence-electron chi connectivity index (χ1n) is 8.02. The average Bonchev–Trinajstić information content (AvgIpc) is 2.48. The Morgan fingerprint density at radius 1 is 1.35 bits per heavy atom. The Bertz CT molecular complexity index is 433. The number of hydrogen-bond donors (Lipinski definition) is 1. The van der Waals surface area contributed by atoms with E-state index in [2.05, 4.69) is 41.4 Å². The lowest BCUT2D eigenvalue weighted by molar-refractivity contribution is 0.00924. The van der Waals surface area contributed by atoms with Crippen LogP contribution in [0.15, 0.2) is 24.3 Å². The van der Waals surface area contributed by atoms with Gasteiger partial charge in [0.05, 0.1) is 12.7 Å². The van der Waals surface area contributed by atoms with Crippen molar-refractivity contribution in [2.75, 3.05) is 32.8 Å². The Hall–Kier alpha value is -0.900. The summed E-state index contributed by atoms with van der Waals surface area (Å²) in [5, 5.41) is 3.59. The van der Waals surface area contributed by atoms with Crippen LogP contribution >= 0.6 is 0 Å². The maximum absolute atomic E-state index is 6.04. The normalized spacial score (nSPS) is 27.2. The van der Waals surface area contributed by atoms with Gasteiger partial charge in [-0.1, -0.05) is 31.2 Å². The number of hydrogen-bond acceptors (Lipinski definition) is 3. The smallest absolute Gasteiger partial charge is 0.0954 e. The van der Waals surface area contributed by atoms with Crippen LogP contribution in [0.3, 0.4) is 0 Å². The molecule has 0 radical (unpaired) electrons. The van der Waals surface area contributed by atoms with E-state index in [4.69, 9.17) is 4.74 Å². The van der Waals surface area contributed by atoms with Crippen molar-refractivity contribution in [2.24, 2.45) is 0 Å². The fourth-order valence-corrected chi connectivity index (χ4v) is 3.54. The van der Waals surface area contributed by atoms with Gasteiger partial charge in [-0.05, 0) is 43.5 Å². The molecule has 1 saturated heterocycles. The number of rotatable bonds is 4. The Morgan fingerprint density at radius 3 is 3.15 bits per heavy atom. The second-order valence-corrected chi connectivity index (χ2v) is 5.96. The van der Waals surface area contributed by atoms with Gasteiger partial charge in [0.15, 0.2) is 0 Å². The van der Waals surface area contributed by atoms with Gasteiger partial charge >= 0.3 is 0 Å². The number of benzene rings is 1. The second kappa shape index (κ2) is 6.70. The van der Waals surface area contributed by atoms with Crippen molar-refractivity contribution in [1.29, 1.82) is 0 Å². The van der Waals surface area contributed by atoms with E-state index in [1.165, 1.54) is 30.5 Å². The quantitative estimate of drug-likeness (QED) is 0.912. The molecule has 110 valence electrons. The monoisotopic (exact) mass is 274 g/mol. The molecule has 1 aromatic rings. The number of piperidine rings is 1. The SMILES string of the molecule is CCNC1CCCN(CC2OCCc3ccccc32)C1. The minimum Gasteiger partial charge on any atom is -0.372 e. The first-order chi connectivity index (χ1) is 9.86. The number of likely N-dealkylation sites (N-methyl/N-ethyl adjacent to an activating group) is 1. The van der Waals surface area contributed by atoms with Crippen molar-refractivity contribution in [1.82, 2.24) is 10.2 Å². The molecule has 0 bridgehead atoms. The van der Waals surface area contributed by atoms with Crippen molar-refractivity contribution < 1.29 is 4.74 Å². The van der Waals surface area contributed by atoms with Crippen molar-refractivity contribution >= 4 is 0 Å². The van der Waals surface area contributed by atoms with Crippen molar-refractivity contribution in [3.05, 3.63) is 35.4 Å². The number of fused-ring (bicyclic) bond motifs is 1. The van der Waals surface area contributed by atoms with Gasteiger partial charge in [-0.25, -0.2) is 0 Å². The third kappa shape index (κ3) is 3.22. The topological polar surface area (TPSA) is 24.5 Å². The summed E-state index contributed by atoms with van der Waals surface area (Å²) in [6.45, 7) is 7.55. The number of nitrogens with zero attached hydrogens (tertiary/aromatic N) is 1. The van der Waals surface area contributed by atoms with Crippen LogP contribution in [-0.4, -0.2) is 43.7 Å². The molecule has 2 aliphatic rings. The predicted octanol–water partition coefficient (Wildman–Crippen LogP) is 2.37. The summed E-state index contributed by atoms with van der Waals surface area (Å²) in [5.41, 5.74) is 2.88. The van der Waals surface area contributed by atoms with Gasteiger partial charge in [-0.15, -0.1) is 0 Å². The van der Waals surface area contributed by atoms with E-state index in [0.29, 0.717) is 6.04 Å². The van der Waals surface area contributed by atoms with Crippen molar-refractivity contribution in [3.8, 4) is 0 Å². The molecular weight excluding hydrogens is 248 g/mol. The molecule has 2 aliphatic heterocycles. The molecule has 3 heteroatoms. The largest absolute Gasteiger partial charge is 0.372 e. The lowest BCUT2D eigenvalue weighted by Gasteiger charge is -2.36. The third-order valence-electron chi connectivity index (χ3n) is 4.51. The molecule has 2 unspecified atom stereocenters. The van der Waals surface area contributed by atoms with E-state index in [9.17, 15) is 0 Å². The predicted molar refractivity (Wildman–Crippen MR) is 82.0 cm³/mol. The van der Waals surface area contributed by atoms with Gasteiger partial charge in [-0.2, -0.15) is 0 Å². The second-order valence-electron chi connectivity index (χ2n) is 5.96. The summed E-state index contributed by atoms with van der Waals surface area (Å²) in [5.74, 6) is 0. The van der Waals surface area contributed by atoms with Gasteiger partial charge in [0.1, 0.15) is 0 Å². The van der Waals surface area contributed by atoms with E-state index in [1.807, 2.05) is 0 Å². The Kier molecular flexibility index (Phi) is 4.71. The highest BCUT2D eigenvalue weighted by Crippen LogP contribution is 2.28. The van der Waals surface area contributed by atoms with Gasteiger partial charge < -0.3 is 10.1 Å². The molecule has 0 aromatic heterocycles. The fourth-order valence-electron chi connectivity index (χ4n) is 3.54. The summed E-state index contributed by atoms with van der Waals surface area (Å²) in [6.07, 6.45) is 3.94. The summed E-state index contributed by atoms with van der Waals surface area (Å²) >= 11 is 0. The Balaban J connectivity index is 1.63. The summed E-state index contributed by atoms with van der Waals surface area (Å²) in [7, 11) is 0. The van der Waals surface area contributed by atoms with Crippen LogP contribution in [0, 0.1) is 0 Å². The van der Waals surface area contributed by atoms with Crippen LogP contribution in [0.1, 0.15) is 37.0 Å². The minimum absolute atomic E-state index is 0.264. The molecular formula is C17H26N2O. The van der Waals surface area contributed by atoms with E-state index in [1.54, 1.807) is 0 Å². The zero-order valence-corrected chi connectivity index (χ0v) is 12.5. The Morgan fingerprint density at radius 2 is 2.25 bits per heavy atom. The number of nitrogens with one attached hydrogen (secondary N) is 1. The van der Waals surface area contributed by atoms with E-state index >= 15 is 0 Å². The maximum atomic E-state index is 6.04. The molecule has 0 aliphatic carbocycles. The first-order valence-corrected chi connectivity index (χ1v) is 8.02. The van der Waals surface area contributed by atoms with E-state index in [0.717, 1.165) is 32.7 Å². The van der Waals surface area contributed by atoms with Crippen LogP contribution in [0.5, 0.6) is 0 Å². The molecule has 1 fully saturated rings. The van der Waals surface area contributed by atoms with E-state index in [-0.39, 0.29) is 6.10 Å². The molecule has 2 atom stereocenters. The first kappa shape index (κ1) is 14.1. The van der Waals surface area contributed by atoms with E-state index < -0.39 is 0 Å². The van der Waals surface area contributed by atoms with Crippen LogP contribution in [0.25, 0.3) is 0 Å². The fraction of sp³-hybridized carbons (Fsp3) is 0.647. The highest BCUT2D eigenvalue weighted by molar-refractivity contribution is 5.31. The van der Waals surface area contributed by atoms with Crippen LogP contribution in [0.4, 0.5) is 0 Å². The molecule has 1 aromatic carbocycles. The number of likely N-dealkylation sites (tertiary alicyclic amines) is 1. The van der Waals surface area contributed by atoms with Crippen LogP contribution in [0.2, 0.25) is 0 Å². The maximum Gasteiger partial charge on any atom is 0.0954 e. The standard InChI is InChI=1S/C17H26N2O/c1-2-18-15-7-5-10-19(12-15)13-17-16-8-4-3-6-14(16)9-11-20-17/h3-4,6,8,15,17-18H,2,5,7,9-13H2,1H3. The molecule has 1 N–H and O–H groups in total. The van der Waals surface area contributed by atoms with Gasteiger partial charge in [0.25, 0.3) is 0 Å². The molecule has 2 heterocycles. The van der Waals surface area contributed by atoms with Crippen molar-refractivity contribution in [2.45, 2.75) is 38.3 Å². The molecule has 20 heavy (non-hydrogen) atoms. The minimum atomic E-state index is 0.264. The lowest BCUT2D eigenvalue weighted by Crippen LogP contribution is -2.47. The molecule has 0 spiro atoms. The summed E-state index contributed by atoms with van der Waals surface area (Å²) in [6, 6.07) is 9.43. The molecule has 0 saturated carbocycles. The molecule has 3 rings (SSSR count). The highest BCUT2D eigenvalue weighted by atomic mass is 16.5. The zero-order valence-electron chi connectivity index (χ0n) is 12.5. The lowest BCUT2D eigenvalue weighted by atomic mass is 9.96. The van der Waals surface area contributed by atoms with Gasteiger partial charge in [0.2, 0.25) is 0 Å². The summed E-state index contributed by atoms with van der Waals surface area (Å²) in [4.78, 5) is 2.57. The van der Waals surface area contributed by atoms with Gasteiger partial charge in [-0.3, -0.25) is 4.90 Å². The summed E-state index contributed by atoms with van der Waals surface area (Å²) < 4.78 is 6.04. The Labute approximate surface area is 122 Å². The van der Waals surface area contributed by atoms with Crippen LogP contribution in [-0.2, 0) is 11.2 Å². The third-order valence-corrected chi connectivity index (χ3v) is 4.51.